The highest BCUT2D eigenvalue weighted by molar-refractivity contribution is 5.88. The fraction of sp³-hybridized carbons (Fsp3) is 0.400. The van der Waals surface area contributed by atoms with Gasteiger partial charge in [-0.2, -0.15) is 0 Å². The molecule has 0 saturated carbocycles. The third kappa shape index (κ3) is 4.05. The number of hydrogen-bond donors (Lipinski definition) is 2. The summed E-state index contributed by atoms with van der Waals surface area (Å²) < 4.78 is 0. The number of rotatable bonds is 4. The molecule has 2 rings (SSSR count). The number of carboxylic acids is 1. The normalized spacial score (nSPS) is 17.6. The lowest BCUT2D eigenvalue weighted by Crippen LogP contribution is -2.31. The average molecular weight is 290 g/mol. The number of benzene rings is 1. The Morgan fingerprint density at radius 3 is 2.48 bits per heavy atom. The maximum absolute atomic E-state index is 12.1. The molecule has 1 fully saturated rings. The Bertz CT molecular complexity index is 553. The summed E-state index contributed by atoms with van der Waals surface area (Å²) in [6.07, 6.45) is 0.759. The molecule has 1 aromatic carbocycles. The molecule has 21 heavy (non-hydrogen) atoms. The maximum Gasteiger partial charge on any atom is 0.308 e. The number of anilines is 1. The lowest BCUT2D eigenvalue weighted by Gasteiger charge is -2.15. The largest absolute Gasteiger partial charge is 0.481 e. The topological polar surface area (TPSA) is 86.7 Å². The summed E-state index contributed by atoms with van der Waals surface area (Å²) in [5, 5.41) is 11.6. The first-order valence-electron chi connectivity index (χ1n) is 6.83. The monoisotopic (exact) mass is 290 g/mol. The number of carboxylic acid groups (broad SMARTS) is 1. The second-order valence-corrected chi connectivity index (χ2v) is 5.22. The van der Waals surface area contributed by atoms with E-state index in [0.29, 0.717) is 18.7 Å². The minimum absolute atomic E-state index is 0.0639. The van der Waals surface area contributed by atoms with Crippen molar-refractivity contribution < 1.29 is 19.5 Å². The van der Waals surface area contributed by atoms with Crippen molar-refractivity contribution in [3.05, 3.63) is 29.8 Å². The van der Waals surface area contributed by atoms with E-state index in [4.69, 9.17) is 5.11 Å². The fourth-order valence-corrected chi connectivity index (χ4v) is 2.38. The lowest BCUT2D eigenvalue weighted by atomic mass is 10.1. The molecule has 2 N–H and O–H groups in total. The minimum atomic E-state index is -0.843. The third-order valence-electron chi connectivity index (χ3n) is 3.52. The Labute approximate surface area is 122 Å². The van der Waals surface area contributed by atoms with Gasteiger partial charge in [-0.1, -0.05) is 12.1 Å². The van der Waals surface area contributed by atoms with Crippen LogP contribution >= 0.6 is 0 Å². The third-order valence-corrected chi connectivity index (χ3v) is 3.52. The van der Waals surface area contributed by atoms with E-state index in [9.17, 15) is 14.4 Å². The van der Waals surface area contributed by atoms with E-state index in [2.05, 4.69) is 5.32 Å². The molecule has 1 aliphatic rings. The molecule has 1 saturated heterocycles. The molecule has 1 aromatic rings. The predicted octanol–water partition coefficient (Wildman–Crippen LogP) is 1.12. The summed E-state index contributed by atoms with van der Waals surface area (Å²) in [7, 11) is 0. The summed E-state index contributed by atoms with van der Waals surface area (Å²) >= 11 is 0. The standard InChI is InChI=1S/C15H18N2O4/c1-10(18)16-13-4-2-11(3-5-13)8-14(19)17-7-6-12(9-17)15(20)21/h2-5,12H,6-9H2,1H3,(H,16,18)(H,20,21). The molecule has 0 aliphatic carbocycles. The number of carbonyl (C=O) groups is 3. The van der Waals surface area contributed by atoms with Gasteiger partial charge < -0.3 is 15.3 Å². The lowest BCUT2D eigenvalue weighted by molar-refractivity contribution is -0.141. The van der Waals surface area contributed by atoms with E-state index >= 15 is 0 Å². The first-order chi connectivity index (χ1) is 9.95. The van der Waals surface area contributed by atoms with E-state index in [0.717, 1.165) is 5.56 Å². The summed E-state index contributed by atoms with van der Waals surface area (Å²) in [5.41, 5.74) is 1.53. The van der Waals surface area contributed by atoms with Gasteiger partial charge >= 0.3 is 5.97 Å². The number of nitrogens with one attached hydrogen (secondary N) is 1. The van der Waals surface area contributed by atoms with Crippen molar-refractivity contribution in [1.29, 1.82) is 0 Å². The summed E-state index contributed by atoms with van der Waals surface area (Å²) in [6.45, 7) is 2.22. The second-order valence-electron chi connectivity index (χ2n) is 5.22. The number of amides is 2. The van der Waals surface area contributed by atoms with Gasteiger partial charge in [0, 0.05) is 25.7 Å². The Hall–Kier alpha value is -2.37. The highest BCUT2D eigenvalue weighted by Gasteiger charge is 2.30. The molecule has 6 nitrogen and oxygen atoms in total. The van der Waals surface area contributed by atoms with E-state index in [1.165, 1.54) is 6.92 Å². The minimum Gasteiger partial charge on any atom is -0.481 e. The van der Waals surface area contributed by atoms with Gasteiger partial charge in [-0.05, 0) is 24.1 Å². The van der Waals surface area contributed by atoms with Gasteiger partial charge in [-0.25, -0.2) is 0 Å². The molecule has 0 bridgehead atoms. The van der Waals surface area contributed by atoms with Gasteiger partial charge in [-0.3, -0.25) is 14.4 Å². The zero-order valence-electron chi connectivity index (χ0n) is 11.8. The second kappa shape index (κ2) is 6.39. The number of aliphatic carboxylic acids is 1. The zero-order valence-corrected chi connectivity index (χ0v) is 11.8. The van der Waals surface area contributed by atoms with E-state index in [1.807, 2.05) is 0 Å². The first kappa shape index (κ1) is 15.0. The van der Waals surface area contributed by atoms with Crippen LogP contribution in [0.4, 0.5) is 5.69 Å². The van der Waals surface area contributed by atoms with Crippen molar-refractivity contribution in [2.45, 2.75) is 19.8 Å². The Kier molecular flexibility index (Phi) is 4.57. The Balaban J connectivity index is 1.91. The molecular formula is C15H18N2O4. The van der Waals surface area contributed by atoms with Crippen LogP contribution in [0.2, 0.25) is 0 Å². The fourth-order valence-electron chi connectivity index (χ4n) is 2.38. The van der Waals surface area contributed by atoms with Crippen LogP contribution in [0, 0.1) is 5.92 Å². The first-order valence-corrected chi connectivity index (χ1v) is 6.83. The summed E-state index contributed by atoms with van der Waals surface area (Å²) in [6, 6.07) is 7.06. The molecule has 0 radical (unpaired) electrons. The molecule has 0 aromatic heterocycles. The molecule has 6 heteroatoms. The Morgan fingerprint density at radius 2 is 1.95 bits per heavy atom. The molecule has 1 atom stereocenters. The number of hydrogen-bond acceptors (Lipinski definition) is 3. The highest BCUT2D eigenvalue weighted by atomic mass is 16.4. The predicted molar refractivity (Wildman–Crippen MR) is 76.8 cm³/mol. The van der Waals surface area contributed by atoms with Crippen LogP contribution in [0.3, 0.4) is 0 Å². The van der Waals surface area contributed by atoms with Crippen LogP contribution in [0.5, 0.6) is 0 Å². The van der Waals surface area contributed by atoms with E-state index in [1.54, 1.807) is 29.2 Å². The van der Waals surface area contributed by atoms with Gasteiger partial charge in [0.2, 0.25) is 11.8 Å². The van der Waals surface area contributed by atoms with Crippen molar-refractivity contribution in [3.8, 4) is 0 Å². The van der Waals surface area contributed by atoms with Crippen LogP contribution < -0.4 is 5.32 Å². The maximum atomic E-state index is 12.1. The number of carbonyl (C=O) groups excluding carboxylic acids is 2. The van der Waals surface area contributed by atoms with Crippen molar-refractivity contribution in [3.63, 3.8) is 0 Å². The van der Waals surface area contributed by atoms with Crippen molar-refractivity contribution in [1.82, 2.24) is 4.90 Å². The molecule has 112 valence electrons. The Morgan fingerprint density at radius 1 is 1.29 bits per heavy atom. The van der Waals surface area contributed by atoms with Crippen LogP contribution in [0.25, 0.3) is 0 Å². The van der Waals surface area contributed by atoms with Gasteiger partial charge in [0.25, 0.3) is 0 Å². The van der Waals surface area contributed by atoms with Crippen molar-refractivity contribution in [2.24, 2.45) is 5.92 Å². The van der Waals surface area contributed by atoms with Crippen molar-refractivity contribution in [2.75, 3.05) is 18.4 Å². The smallest absolute Gasteiger partial charge is 0.308 e. The van der Waals surface area contributed by atoms with Gasteiger partial charge in [-0.15, -0.1) is 0 Å². The number of nitrogens with zero attached hydrogens (tertiary/aromatic N) is 1. The zero-order chi connectivity index (χ0) is 15.4. The van der Waals surface area contributed by atoms with Gasteiger partial charge in [0.1, 0.15) is 0 Å². The van der Waals surface area contributed by atoms with Gasteiger partial charge in [0.05, 0.1) is 12.3 Å². The van der Waals surface area contributed by atoms with E-state index < -0.39 is 11.9 Å². The van der Waals surface area contributed by atoms with E-state index in [-0.39, 0.29) is 24.8 Å². The average Bonchev–Trinajstić information content (AvgIpc) is 2.90. The quantitative estimate of drug-likeness (QED) is 0.870. The molecule has 0 spiro atoms. The van der Waals surface area contributed by atoms with Crippen molar-refractivity contribution >= 4 is 23.5 Å². The van der Waals surface area contributed by atoms with Crippen LogP contribution in [-0.2, 0) is 20.8 Å². The molecule has 1 heterocycles. The van der Waals surface area contributed by atoms with Crippen LogP contribution in [0.1, 0.15) is 18.9 Å². The SMILES string of the molecule is CC(=O)Nc1ccc(CC(=O)N2CCC(C(=O)O)C2)cc1. The van der Waals surface area contributed by atoms with Gasteiger partial charge in [0.15, 0.2) is 0 Å². The molecule has 1 aliphatic heterocycles. The molecular weight excluding hydrogens is 272 g/mol. The summed E-state index contributed by atoms with van der Waals surface area (Å²) in [4.78, 5) is 35.5. The number of likely N-dealkylation sites (tertiary alicyclic amines) is 1. The molecule has 2 amide bonds. The van der Waals surface area contributed by atoms with Crippen LogP contribution in [-0.4, -0.2) is 40.9 Å². The summed E-state index contributed by atoms with van der Waals surface area (Å²) in [5.74, 6) is -1.50. The molecule has 1 unspecified atom stereocenters. The van der Waals surface area contributed by atoms with Crippen LogP contribution in [0.15, 0.2) is 24.3 Å². The highest BCUT2D eigenvalue weighted by Crippen LogP contribution is 2.18.